The molecule has 2 amide bonds. The van der Waals surface area contributed by atoms with E-state index in [1.165, 1.54) is 4.90 Å². The van der Waals surface area contributed by atoms with Crippen LogP contribution >= 0.6 is 11.3 Å². The van der Waals surface area contributed by atoms with Crippen LogP contribution in [0.5, 0.6) is 0 Å². The topological polar surface area (TPSA) is 104 Å². The Morgan fingerprint density at radius 1 is 1.21 bits per heavy atom. The Balaban J connectivity index is 1.27. The number of aromatic nitrogens is 1. The van der Waals surface area contributed by atoms with E-state index in [9.17, 15) is 14.4 Å². The van der Waals surface area contributed by atoms with Gasteiger partial charge in [0.2, 0.25) is 5.91 Å². The number of amides is 2. The molecule has 1 aromatic carbocycles. The van der Waals surface area contributed by atoms with E-state index in [0.29, 0.717) is 12.0 Å². The Labute approximate surface area is 233 Å². The van der Waals surface area contributed by atoms with Crippen molar-refractivity contribution in [3.8, 4) is 11.3 Å². The maximum absolute atomic E-state index is 13.7. The minimum Gasteiger partial charge on any atom is -0.377 e. The Morgan fingerprint density at radius 2 is 1.92 bits per heavy atom. The number of likely N-dealkylation sites (N-methyl/N-ethyl adjacent to an activating group) is 1. The molecule has 1 aromatic heterocycles. The molecule has 10 nitrogen and oxygen atoms in total. The number of hydrogen-bond acceptors (Lipinski definition) is 9. The second-order valence-electron chi connectivity index (χ2n) is 10.7. The molecule has 0 spiro atoms. The first-order valence-electron chi connectivity index (χ1n) is 13.6. The highest BCUT2D eigenvalue weighted by Crippen LogP contribution is 2.31. The quantitative estimate of drug-likeness (QED) is 0.527. The lowest BCUT2D eigenvalue weighted by molar-refractivity contribution is -0.139. The Bertz CT molecular complexity index is 1200. The lowest BCUT2D eigenvalue weighted by Crippen LogP contribution is -2.54. The summed E-state index contributed by atoms with van der Waals surface area (Å²) in [5.74, 6) is -0.858. The number of Topliss-reactive ketones (excluding diaryl/α,β-unsaturated/α-hetero) is 1. The van der Waals surface area contributed by atoms with E-state index in [-0.39, 0.29) is 42.8 Å². The van der Waals surface area contributed by atoms with Gasteiger partial charge in [-0.15, -0.1) is 11.3 Å². The molecule has 0 saturated carbocycles. The maximum atomic E-state index is 13.7. The summed E-state index contributed by atoms with van der Waals surface area (Å²) in [5.41, 5.74) is 2.28. The van der Waals surface area contributed by atoms with Gasteiger partial charge >= 0.3 is 0 Å². The molecule has 1 N–H and O–H groups in total. The molecule has 2 aromatic rings. The molecular formula is C28H37N5O5S. The molecule has 3 fully saturated rings. The van der Waals surface area contributed by atoms with Gasteiger partial charge in [0.25, 0.3) is 5.91 Å². The van der Waals surface area contributed by atoms with Gasteiger partial charge in [-0.3, -0.25) is 14.4 Å². The summed E-state index contributed by atoms with van der Waals surface area (Å²) in [6.45, 7) is 8.11. The van der Waals surface area contributed by atoms with Gasteiger partial charge in [-0.1, -0.05) is 32.4 Å². The van der Waals surface area contributed by atoms with Gasteiger partial charge in [0.05, 0.1) is 12.2 Å². The number of rotatable bonds is 8. The van der Waals surface area contributed by atoms with Crippen LogP contribution in [0, 0.1) is 5.92 Å². The van der Waals surface area contributed by atoms with Crippen LogP contribution in [0.4, 0.5) is 5.13 Å². The first kappa shape index (κ1) is 27.7. The minimum absolute atomic E-state index is 0.0263. The van der Waals surface area contributed by atoms with Crippen LogP contribution < -0.4 is 10.2 Å². The number of nitrogens with one attached hydrogen (secondary N) is 1. The van der Waals surface area contributed by atoms with Crippen LogP contribution in [0.15, 0.2) is 29.6 Å². The van der Waals surface area contributed by atoms with Gasteiger partial charge in [-0.2, -0.15) is 0 Å². The monoisotopic (exact) mass is 555 g/mol. The third-order valence-electron chi connectivity index (χ3n) is 8.20. The van der Waals surface area contributed by atoms with E-state index in [4.69, 9.17) is 14.5 Å². The lowest BCUT2D eigenvalue weighted by Gasteiger charge is -2.32. The summed E-state index contributed by atoms with van der Waals surface area (Å²) >= 11 is 1.63. The van der Waals surface area contributed by atoms with Crippen LogP contribution in [-0.4, -0.2) is 110 Å². The molecule has 0 unspecified atom stereocenters. The molecule has 3 saturated heterocycles. The van der Waals surface area contributed by atoms with E-state index in [0.717, 1.165) is 42.6 Å². The number of ether oxygens (including phenoxy) is 2. The standard InChI is InChI=1S/C28H37N5O5S/c1-5-17(2)23(27(36)33-14-22(37-4)25-24(33)21(34)15-38-25)30-26(35)19-8-6-18(7-9-19)20-16-39-28(29-20)32-12-10-31(3)11-13-32/h6-9,16-17,22-25H,5,10-15H2,1-4H3,(H,30,35)/t17-,22+,23-,24+,25+/m0/s1. The van der Waals surface area contributed by atoms with Crippen molar-refractivity contribution in [2.24, 2.45) is 5.92 Å². The number of likely N-dealkylation sites (tertiary alicyclic amines) is 1. The Morgan fingerprint density at radius 3 is 2.59 bits per heavy atom. The smallest absolute Gasteiger partial charge is 0.251 e. The summed E-state index contributed by atoms with van der Waals surface area (Å²) in [4.78, 5) is 50.5. The van der Waals surface area contributed by atoms with Crippen molar-refractivity contribution in [2.45, 2.75) is 44.6 Å². The van der Waals surface area contributed by atoms with Gasteiger partial charge in [-0.25, -0.2) is 4.98 Å². The fourth-order valence-corrected chi connectivity index (χ4v) is 6.35. The number of benzene rings is 1. The van der Waals surface area contributed by atoms with Crippen molar-refractivity contribution >= 4 is 34.1 Å². The number of nitrogens with zero attached hydrogens (tertiary/aromatic N) is 4. The highest BCUT2D eigenvalue weighted by Gasteiger charge is 2.53. The number of piperazine rings is 1. The second-order valence-corrected chi connectivity index (χ2v) is 11.5. The molecule has 4 heterocycles. The number of thiazole rings is 1. The fraction of sp³-hybridized carbons (Fsp3) is 0.571. The molecule has 3 aliphatic rings. The van der Waals surface area contributed by atoms with Crippen LogP contribution in [0.3, 0.4) is 0 Å². The number of fused-ring (bicyclic) bond motifs is 1. The molecular weight excluding hydrogens is 518 g/mol. The van der Waals surface area contributed by atoms with Gasteiger partial charge in [0.15, 0.2) is 10.9 Å². The summed E-state index contributed by atoms with van der Waals surface area (Å²) in [6.07, 6.45) is -0.140. The third kappa shape index (κ3) is 5.58. The predicted octanol–water partition coefficient (Wildman–Crippen LogP) is 1.90. The third-order valence-corrected chi connectivity index (χ3v) is 9.10. The van der Waals surface area contributed by atoms with Gasteiger partial charge in [0, 0.05) is 49.8 Å². The molecule has 5 atom stereocenters. The summed E-state index contributed by atoms with van der Waals surface area (Å²) in [5, 5.41) is 6.01. The van der Waals surface area contributed by atoms with Gasteiger partial charge in [-0.05, 0) is 25.1 Å². The van der Waals surface area contributed by atoms with E-state index in [1.807, 2.05) is 31.4 Å². The number of carbonyl (C=O) groups is 3. The zero-order chi connectivity index (χ0) is 27.7. The maximum Gasteiger partial charge on any atom is 0.251 e. The van der Waals surface area contributed by atoms with Crippen LogP contribution in [0.2, 0.25) is 0 Å². The summed E-state index contributed by atoms with van der Waals surface area (Å²) in [7, 11) is 3.69. The first-order valence-corrected chi connectivity index (χ1v) is 14.5. The summed E-state index contributed by atoms with van der Waals surface area (Å²) in [6, 6.07) is 5.87. The molecule has 39 heavy (non-hydrogen) atoms. The first-order chi connectivity index (χ1) is 18.8. The second kappa shape index (κ2) is 11.7. The molecule has 0 bridgehead atoms. The zero-order valence-electron chi connectivity index (χ0n) is 23.0. The van der Waals surface area contributed by atoms with Crippen molar-refractivity contribution in [3.63, 3.8) is 0 Å². The average Bonchev–Trinajstić information content (AvgIpc) is 3.68. The molecule has 0 aliphatic carbocycles. The SMILES string of the molecule is CC[C@H](C)[C@H](NC(=O)c1ccc(-c2csc(N3CCN(C)CC3)n2)cc1)C(=O)N1C[C@@H](OC)[C@H]2OCC(=O)[C@H]21. The number of carbonyl (C=O) groups excluding carboxylic acids is 3. The van der Waals surface area contributed by atoms with E-state index in [2.05, 4.69) is 22.2 Å². The number of ketones is 1. The highest BCUT2D eigenvalue weighted by atomic mass is 32.1. The van der Waals surface area contributed by atoms with Crippen molar-refractivity contribution in [1.29, 1.82) is 0 Å². The summed E-state index contributed by atoms with van der Waals surface area (Å²) < 4.78 is 11.1. The Hall–Kier alpha value is -2.86. The van der Waals surface area contributed by atoms with E-state index in [1.54, 1.807) is 30.6 Å². The van der Waals surface area contributed by atoms with E-state index < -0.39 is 18.2 Å². The zero-order valence-corrected chi connectivity index (χ0v) is 23.8. The van der Waals surface area contributed by atoms with Crippen molar-refractivity contribution in [1.82, 2.24) is 20.1 Å². The normalized spacial score (nSPS) is 25.0. The molecule has 5 rings (SSSR count). The van der Waals surface area contributed by atoms with Crippen LogP contribution in [-0.2, 0) is 19.1 Å². The highest BCUT2D eigenvalue weighted by molar-refractivity contribution is 7.14. The van der Waals surface area contributed by atoms with Gasteiger partial charge < -0.3 is 29.5 Å². The number of anilines is 1. The molecule has 0 radical (unpaired) electrons. The van der Waals surface area contributed by atoms with Crippen molar-refractivity contribution in [2.75, 3.05) is 58.4 Å². The fourth-order valence-electron chi connectivity index (χ4n) is 5.47. The average molecular weight is 556 g/mol. The largest absolute Gasteiger partial charge is 0.377 e. The van der Waals surface area contributed by atoms with E-state index >= 15 is 0 Å². The molecule has 210 valence electrons. The minimum atomic E-state index is -0.767. The molecule has 3 aliphatic heterocycles. The number of methoxy groups -OCH3 is 1. The van der Waals surface area contributed by atoms with Gasteiger partial charge in [0.1, 0.15) is 30.9 Å². The van der Waals surface area contributed by atoms with Crippen LogP contribution in [0.1, 0.15) is 30.6 Å². The van der Waals surface area contributed by atoms with Crippen molar-refractivity contribution < 1.29 is 23.9 Å². The number of hydrogen-bond donors (Lipinski definition) is 1. The van der Waals surface area contributed by atoms with Crippen LogP contribution in [0.25, 0.3) is 11.3 Å². The molecule has 11 heteroatoms. The lowest BCUT2D eigenvalue weighted by atomic mass is 9.96. The van der Waals surface area contributed by atoms with Crippen molar-refractivity contribution in [3.05, 3.63) is 35.2 Å². The predicted molar refractivity (Wildman–Crippen MR) is 149 cm³/mol. The Kier molecular flexibility index (Phi) is 8.32.